The number of anilines is 3. The van der Waals surface area contributed by atoms with Crippen LogP contribution in [0.2, 0.25) is 0 Å². The number of nitrogens with zero attached hydrogens (tertiary/aromatic N) is 7. The van der Waals surface area contributed by atoms with Crippen LogP contribution in [-0.4, -0.2) is 121 Å². The molecule has 3 aliphatic rings. The van der Waals surface area contributed by atoms with E-state index in [-0.39, 0.29) is 68.6 Å². The Morgan fingerprint density at radius 1 is 1.11 bits per heavy atom. The van der Waals surface area contributed by atoms with Crippen LogP contribution in [0.4, 0.5) is 44.3 Å². The largest absolute Gasteiger partial charge is 0.444 e. The van der Waals surface area contributed by atoms with Crippen molar-refractivity contribution in [3.8, 4) is 18.4 Å². The summed E-state index contributed by atoms with van der Waals surface area (Å²) < 4.78 is 67.9. The Morgan fingerprint density at radius 3 is 2.47 bits per heavy atom. The summed E-state index contributed by atoms with van der Waals surface area (Å²) in [5.41, 5.74) is -2.98. The van der Waals surface area contributed by atoms with Gasteiger partial charge in [0.1, 0.15) is 34.9 Å². The van der Waals surface area contributed by atoms with Gasteiger partial charge in [-0.3, -0.25) is 14.6 Å². The molecule has 1 N–H and O–H groups in total. The number of carbonyl (C=O) groups excluding carboxylic acids is 3. The summed E-state index contributed by atoms with van der Waals surface area (Å²) in [6.07, 6.45) is -0.599. The number of terminal acetylenes is 1. The molecule has 284 valence electrons. The molecule has 0 saturated carbocycles. The highest BCUT2D eigenvalue weighted by molar-refractivity contribution is 6.01. The number of rotatable bonds is 6. The molecule has 0 bridgehead atoms. The summed E-state index contributed by atoms with van der Waals surface area (Å²) in [6, 6.07) is 5.56. The van der Waals surface area contributed by atoms with Crippen molar-refractivity contribution >= 4 is 35.3 Å². The highest BCUT2D eigenvalue weighted by Gasteiger charge is 2.55. The number of benzene rings is 1. The number of amides is 3. The van der Waals surface area contributed by atoms with Crippen molar-refractivity contribution < 1.29 is 41.4 Å². The Balaban J connectivity index is 1.37. The molecule has 0 radical (unpaired) electrons. The fourth-order valence-electron chi connectivity index (χ4n) is 6.97. The minimum absolute atomic E-state index is 0.00220. The molecular weight excluding hydrogens is 700 g/mol. The zero-order valence-electron chi connectivity index (χ0n) is 30.2. The lowest BCUT2D eigenvalue weighted by Crippen LogP contribution is -2.78. The van der Waals surface area contributed by atoms with Crippen LogP contribution in [0.25, 0.3) is 0 Å². The molecule has 53 heavy (non-hydrogen) atoms. The molecule has 1 aromatic heterocycles. The third-order valence-electron chi connectivity index (χ3n) is 9.37. The maximum Gasteiger partial charge on any atom is 0.417 e. The number of pyridine rings is 1. The number of likely N-dealkylation sites (tertiary alicyclic amines) is 1. The van der Waals surface area contributed by atoms with Crippen LogP contribution < -0.4 is 15.1 Å². The van der Waals surface area contributed by atoms with Gasteiger partial charge in [0.2, 0.25) is 5.91 Å². The van der Waals surface area contributed by atoms with Gasteiger partial charge in [-0.1, -0.05) is 12.0 Å². The number of likely N-dealkylation sites (N-methyl/N-ethyl adjacent to an activating group) is 1. The van der Waals surface area contributed by atoms with Crippen molar-refractivity contribution in [3.05, 3.63) is 46.9 Å². The number of nitrogens with one attached hydrogen (secondary N) is 1. The maximum atomic E-state index is 15.6. The van der Waals surface area contributed by atoms with Gasteiger partial charge in [-0.25, -0.2) is 19.0 Å². The van der Waals surface area contributed by atoms with Crippen LogP contribution in [0.15, 0.2) is 24.3 Å². The molecule has 1 atom stereocenters. The van der Waals surface area contributed by atoms with Gasteiger partial charge >= 0.3 is 18.4 Å². The first-order valence-electron chi connectivity index (χ1n) is 17.0. The van der Waals surface area contributed by atoms with Crippen molar-refractivity contribution in [2.24, 2.45) is 0 Å². The van der Waals surface area contributed by atoms with Gasteiger partial charge < -0.3 is 29.5 Å². The summed E-state index contributed by atoms with van der Waals surface area (Å²) in [5.74, 6) is 0.797. The predicted molar refractivity (Wildman–Crippen MR) is 187 cm³/mol. The molecule has 3 amide bonds. The van der Waals surface area contributed by atoms with Gasteiger partial charge in [-0.2, -0.15) is 18.4 Å². The number of nitriles is 1. The number of carbonyl (C=O) groups is 3. The summed E-state index contributed by atoms with van der Waals surface area (Å²) in [4.78, 5) is 52.0. The Hall–Kier alpha value is -5.29. The normalized spacial score (nSPS) is 19.0. The van der Waals surface area contributed by atoms with E-state index in [2.05, 4.69) is 21.1 Å². The second-order valence-corrected chi connectivity index (χ2v) is 14.4. The SMILES string of the molecule is C#CCOC(=O)N1CCN(CCN2CC[C@H](Nc3nc(C)cc(C(F)(F)F)c3C#N)C(=O)N(C)c3cccc(F)c32)CC12CN(C(=O)OC(C)(C)C)C2. The van der Waals surface area contributed by atoms with Crippen molar-refractivity contribution in [3.63, 3.8) is 0 Å². The number of alkyl halides is 3. The van der Waals surface area contributed by atoms with Crippen LogP contribution in [0.3, 0.4) is 0 Å². The lowest BCUT2D eigenvalue weighted by Gasteiger charge is -2.58. The Morgan fingerprint density at radius 2 is 1.83 bits per heavy atom. The van der Waals surface area contributed by atoms with Gasteiger partial charge in [0.15, 0.2) is 6.61 Å². The average Bonchev–Trinajstić information content (AvgIpc) is 3.06. The second-order valence-electron chi connectivity index (χ2n) is 14.4. The van der Waals surface area contributed by atoms with E-state index in [1.807, 2.05) is 0 Å². The Kier molecular flexibility index (Phi) is 11.0. The number of halogens is 4. The smallest absolute Gasteiger partial charge is 0.417 e. The molecule has 13 nitrogen and oxygen atoms in total. The minimum Gasteiger partial charge on any atom is -0.444 e. The van der Waals surface area contributed by atoms with E-state index in [1.54, 1.807) is 42.7 Å². The molecule has 2 aromatic rings. The van der Waals surface area contributed by atoms with Crippen molar-refractivity contribution in [1.29, 1.82) is 5.26 Å². The van der Waals surface area contributed by atoms with E-state index in [0.29, 0.717) is 19.6 Å². The molecule has 0 aliphatic carbocycles. The van der Waals surface area contributed by atoms with Gasteiger partial charge in [0, 0.05) is 52.0 Å². The third kappa shape index (κ3) is 8.36. The van der Waals surface area contributed by atoms with E-state index in [0.717, 1.165) is 6.07 Å². The minimum atomic E-state index is -4.83. The molecule has 17 heteroatoms. The fourth-order valence-corrected chi connectivity index (χ4v) is 6.97. The lowest BCUT2D eigenvalue weighted by atomic mass is 9.85. The number of para-hydroxylation sites is 1. The summed E-state index contributed by atoms with van der Waals surface area (Å²) in [5, 5.41) is 12.5. The molecule has 5 rings (SSSR count). The second kappa shape index (κ2) is 15.0. The first kappa shape index (κ1) is 38.9. The molecular formula is C36H42F4N8O5. The zero-order chi connectivity index (χ0) is 38.9. The lowest BCUT2D eigenvalue weighted by molar-refractivity contribution is -0.137. The molecule has 1 aromatic carbocycles. The standard InChI is InChI=1S/C36H42F4N8O5/c1-7-17-52-33(51)48-16-14-45(20-35(48)21-47(22-35)32(50)53-34(3,4)5)13-15-46-12-11-27(31(49)44(6)28-10-8-9-26(37)29(28)46)43-30-24(19-41)25(36(38,39)40)18-23(2)42-30/h1,8-10,18,27H,11-17,20-22H2,2-6H3,(H,42,43)/t27-/m0/s1. The van der Waals surface area contributed by atoms with E-state index < -0.39 is 58.4 Å². The van der Waals surface area contributed by atoms with Crippen molar-refractivity contribution in [2.45, 2.75) is 57.5 Å². The van der Waals surface area contributed by atoms with E-state index >= 15 is 4.39 Å². The van der Waals surface area contributed by atoms with Crippen LogP contribution in [0.5, 0.6) is 0 Å². The number of hydrogen-bond donors (Lipinski definition) is 1. The van der Waals surface area contributed by atoms with Gasteiger partial charge in [-0.05, 0) is 52.3 Å². The number of aryl methyl sites for hydroxylation is 1. The van der Waals surface area contributed by atoms with Crippen LogP contribution >= 0.6 is 0 Å². The number of ether oxygens (including phenoxy) is 2. The van der Waals surface area contributed by atoms with Crippen LogP contribution in [-0.2, 0) is 20.4 Å². The number of aromatic nitrogens is 1. The van der Waals surface area contributed by atoms with E-state index in [4.69, 9.17) is 15.9 Å². The third-order valence-corrected chi connectivity index (χ3v) is 9.37. The fraction of sp³-hybridized carbons (Fsp3) is 0.528. The molecule has 1 spiro atoms. The van der Waals surface area contributed by atoms with Gasteiger partial charge in [-0.15, -0.1) is 6.42 Å². The predicted octanol–water partition coefficient (Wildman–Crippen LogP) is 4.45. The zero-order valence-corrected chi connectivity index (χ0v) is 30.2. The van der Waals surface area contributed by atoms with Gasteiger partial charge in [0.25, 0.3) is 0 Å². The summed E-state index contributed by atoms with van der Waals surface area (Å²) in [7, 11) is 1.45. The van der Waals surface area contributed by atoms with Crippen LogP contribution in [0, 0.1) is 36.4 Å². The Bertz CT molecular complexity index is 1830. The quantitative estimate of drug-likeness (QED) is 0.334. The highest BCUT2D eigenvalue weighted by Crippen LogP contribution is 2.38. The molecule has 2 saturated heterocycles. The van der Waals surface area contributed by atoms with Gasteiger partial charge in [0.05, 0.1) is 35.6 Å². The Labute approximate surface area is 305 Å². The number of piperazine rings is 1. The van der Waals surface area contributed by atoms with E-state index in [9.17, 15) is 32.8 Å². The van der Waals surface area contributed by atoms with Crippen LogP contribution in [0.1, 0.15) is 44.0 Å². The summed E-state index contributed by atoms with van der Waals surface area (Å²) >= 11 is 0. The first-order valence-corrected chi connectivity index (χ1v) is 17.0. The maximum absolute atomic E-state index is 15.6. The molecule has 0 unspecified atom stereocenters. The summed E-state index contributed by atoms with van der Waals surface area (Å²) in [6.45, 7) is 8.63. The van der Waals surface area contributed by atoms with Crippen molar-refractivity contribution in [1.82, 2.24) is 19.7 Å². The average molecular weight is 743 g/mol. The van der Waals surface area contributed by atoms with Crippen molar-refractivity contribution in [2.75, 3.05) is 81.1 Å². The number of fused-ring (bicyclic) bond motifs is 1. The van der Waals surface area contributed by atoms with E-state index in [1.165, 1.54) is 35.9 Å². The molecule has 2 fully saturated rings. The molecule has 4 heterocycles. The first-order chi connectivity index (χ1) is 24.9. The monoisotopic (exact) mass is 742 g/mol. The topological polar surface area (TPSA) is 135 Å². The highest BCUT2D eigenvalue weighted by atomic mass is 19.4. The molecule has 3 aliphatic heterocycles. The number of hydrogen-bond acceptors (Lipinski definition) is 10.